The first-order valence-corrected chi connectivity index (χ1v) is 9.40. The van der Waals surface area contributed by atoms with E-state index in [2.05, 4.69) is 23.3 Å². The maximum absolute atomic E-state index is 13.0. The number of nitrogens with zero attached hydrogens (tertiary/aromatic N) is 2. The van der Waals surface area contributed by atoms with E-state index in [4.69, 9.17) is 4.74 Å². The van der Waals surface area contributed by atoms with Gasteiger partial charge in [-0.3, -0.25) is 14.6 Å². The molecular weight excluding hydrogens is 340 g/mol. The maximum atomic E-state index is 13.0. The van der Waals surface area contributed by atoms with Crippen LogP contribution in [0.2, 0.25) is 0 Å². The largest absolute Gasteiger partial charge is 0.466 e. The zero-order chi connectivity index (χ0) is 18.9. The molecule has 1 amide bonds. The average Bonchev–Trinajstić information content (AvgIpc) is 3.21. The van der Waals surface area contributed by atoms with E-state index < -0.39 is 0 Å². The van der Waals surface area contributed by atoms with E-state index in [0.29, 0.717) is 5.57 Å². The number of hydrogen-bond donors (Lipinski definition) is 0. The second-order valence-electron chi connectivity index (χ2n) is 7.82. The molecule has 5 nitrogen and oxygen atoms in total. The highest BCUT2D eigenvalue weighted by atomic mass is 16.5. The first kappa shape index (κ1) is 16.5. The van der Waals surface area contributed by atoms with E-state index >= 15 is 0 Å². The van der Waals surface area contributed by atoms with Crippen molar-refractivity contribution in [2.75, 3.05) is 25.1 Å². The van der Waals surface area contributed by atoms with Gasteiger partial charge in [-0.15, -0.1) is 5.73 Å². The van der Waals surface area contributed by atoms with Crippen LogP contribution in [0.25, 0.3) is 0 Å². The van der Waals surface area contributed by atoms with Crippen molar-refractivity contribution >= 4 is 17.6 Å². The number of esters is 1. The first-order valence-electron chi connectivity index (χ1n) is 9.40. The molecule has 27 heavy (non-hydrogen) atoms. The summed E-state index contributed by atoms with van der Waals surface area (Å²) in [6.07, 6.45) is 1.73. The molecule has 2 fully saturated rings. The molecule has 0 N–H and O–H groups in total. The first-order chi connectivity index (χ1) is 13.0. The molecule has 1 spiro atoms. The quantitative estimate of drug-likeness (QED) is 0.569. The van der Waals surface area contributed by atoms with Gasteiger partial charge in [0.15, 0.2) is 0 Å². The number of benzene rings is 1. The third-order valence-corrected chi connectivity index (χ3v) is 6.88. The molecule has 3 heterocycles. The molecule has 2 saturated heterocycles. The zero-order valence-electron chi connectivity index (χ0n) is 15.6. The van der Waals surface area contributed by atoms with Gasteiger partial charge in [-0.05, 0) is 30.0 Å². The Morgan fingerprint density at radius 2 is 2.11 bits per heavy atom. The van der Waals surface area contributed by atoms with E-state index in [9.17, 15) is 9.59 Å². The highest BCUT2D eigenvalue weighted by Gasteiger charge is 2.64. The minimum absolute atomic E-state index is 0.0710. The average molecular weight is 362 g/mol. The number of para-hydroxylation sites is 1. The number of fused-ring (bicyclic) bond motifs is 2. The number of anilines is 1. The maximum Gasteiger partial charge on any atom is 0.336 e. The van der Waals surface area contributed by atoms with Crippen molar-refractivity contribution in [3.63, 3.8) is 0 Å². The van der Waals surface area contributed by atoms with Crippen molar-refractivity contribution in [2.45, 2.75) is 31.2 Å². The van der Waals surface area contributed by atoms with Crippen LogP contribution in [0.4, 0.5) is 5.69 Å². The molecule has 0 saturated carbocycles. The third-order valence-electron chi connectivity index (χ3n) is 6.88. The summed E-state index contributed by atoms with van der Waals surface area (Å²) >= 11 is 0. The van der Waals surface area contributed by atoms with Crippen molar-refractivity contribution in [1.29, 1.82) is 0 Å². The van der Waals surface area contributed by atoms with Gasteiger partial charge in [0.2, 0.25) is 5.91 Å². The van der Waals surface area contributed by atoms with E-state index in [-0.39, 0.29) is 29.3 Å². The number of ether oxygens (including phenoxy) is 1. The highest BCUT2D eigenvalue weighted by molar-refractivity contribution is 6.04. The molecule has 3 atom stereocenters. The second-order valence-corrected chi connectivity index (χ2v) is 7.82. The Labute approximate surface area is 158 Å². The van der Waals surface area contributed by atoms with E-state index in [1.807, 2.05) is 18.2 Å². The number of amides is 1. The molecule has 5 rings (SSSR count). The molecule has 1 aromatic rings. The van der Waals surface area contributed by atoms with Crippen molar-refractivity contribution in [1.82, 2.24) is 4.90 Å². The molecule has 3 aliphatic heterocycles. The van der Waals surface area contributed by atoms with Gasteiger partial charge in [-0.1, -0.05) is 24.8 Å². The van der Waals surface area contributed by atoms with Crippen LogP contribution >= 0.6 is 0 Å². The molecule has 4 aliphatic rings. The van der Waals surface area contributed by atoms with Crippen molar-refractivity contribution in [2.24, 2.45) is 5.92 Å². The van der Waals surface area contributed by atoms with E-state index in [1.54, 1.807) is 11.8 Å². The van der Waals surface area contributed by atoms with Crippen molar-refractivity contribution in [3.8, 4) is 0 Å². The smallest absolute Gasteiger partial charge is 0.336 e. The van der Waals surface area contributed by atoms with E-state index in [1.165, 1.54) is 7.11 Å². The van der Waals surface area contributed by atoms with Gasteiger partial charge in [0.05, 0.1) is 23.8 Å². The Bertz CT molecular complexity index is 972. The molecular formula is C22H22N2O3. The summed E-state index contributed by atoms with van der Waals surface area (Å²) < 4.78 is 5.20. The van der Waals surface area contributed by atoms with Crippen LogP contribution in [0.5, 0.6) is 0 Å². The topological polar surface area (TPSA) is 49.9 Å². The number of carbonyl (C=O) groups excluding carboxylic acids is 2. The van der Waals surface area contributed by atoms with Crippen LogP contribution in [-0.2, 0) is 19.7 Å². The van der Waals surface area contributed by atoms with Crippen LogP contribution in [0.1, 0.15) is 25.3 Å². The second kappa shape index (κ2) is 5.44. The van der Waals surface area contributed by atoms with Crippen LogP contribution in [0.15, 0.2) is 53.4 Å². The minimum atomic E-state index is -0.347. The lowest BCUT2D eigenvalue weighted by atomic mass is 9.62. The molecule has 5 heteroatoms. The van der Waals surface area contributed by atoms with Gasteiger partial charge < -0.3 is 4.74 Å². The SMILES string of the molecule is C=C=C1CN2CC[C@]34C(=C(C(=O)OC)[C@H]1C[C@H]23)N(C(C)=O)c1ccccc14. The Morgan fingerprint density at radius 1 is 1.33 bits per heavy atom. The molecule has 1 aliphatic carbocycles. The Hall–Kier alpha value is -2.62. The van der Waals surface area contributed by atoms with Crippen LogP contribution in [0.3, 0.4) is 0 Å². The number of methoxy groups -OCH3 is 1. The summed E-state index contributed by atoms with van der Waals surface area (Å²) in [5.74, 6) is -0.508. The lowest BCUT2D eigenvalue weighted by Crippen LogP contribution is -2.54. The van der Waals surface area contributed by atoms with Crippen molar-refractivity contribution in [3.05, 3.63) is 59.0 Å². The number of carbonyl (C=O) groups is 2. The molecule has 0 radical (unpaired) electrons. The molecule has 1 aromatic carbocycles. The fourth-order valence-corrected chi connectivity index (χ4v) is 5.94. The zero-order valence-corrected chi connectivity index (χ0v) is 15.6. The fraction of sp³-hybridized carbons (Fsp3) is 0.409. The third kappa shape index (κ3) is 1.83. The summed E-state index contributed by atoms with van der Waals surface area (Å²) in [5.41, 5.74) is 7.29. The normalized spacial score (nSPS) is 30.7. The summed E-state index contributed by atoms with van der Waals surface area (Å²) in [5, 5.41) is 0. The summed E-state index contributed by atoms with van der Waals surface area (Å²) in [6, 6.07) is 8.36. The molecule has 138 valence electrons. The predicted molar refractivity (Wildman–Crippen MR) is 101 cm³/mol. The van der Waals surface area contributed by atoms with Gasteiger partial charge in [0.1, 0.15) is 0 Å². The number of rotatable bonds is 1. The minimum Gasteiger partial charge on any atom is -0.466 e. The highest BCUT2D eigenvalue weighted by Crippen LogP contribution is 2.63. The standard InChI is InChI=1S/C22H22N2O3/c1-4-14-12-23-10-9-22-16-7-5-6-8-17(16)24(13(2)25)20(22)19(21(26)27-3)15(14)11-18(22)23/h5-8,15,18H,1,9-12H2,2-3H3/t15-,18-,22+/m0/s1. The Morgan fingerprint density at radius 3 is 2.81 bits per heavy atom. The summed E-state index contributed by atoms with van der Waals surface area (Å²) in [6.45, 7) is 7.14. The van der Waals surface area contributed by atoms with Crippen molar-refractivity contribution < 1.29 is 14.3 Å². The lowest BCUT2D eigenvalue weighted by molar-refractivity contribution is -0.137. The monoisotopic (exact) mass is 362 g/mol. The van der Waals surface area contributed by atoms with Crippen LogP contribution in [0, 0.1) is 5.92 Å². The van der Waals surface area contributed by atoms with Gasteiger partial charge in [0, 0.05) is 37.7 Å². The number of hydrogen-bond acceptors (Lipinski definition) is 4. The molecule has 0 unspecified atom stereocenters. The fourth-order valence-electron chi connectivity index (χ4n) is 5.94. The van der Waals surface area contributed by atoms with Gasteiger partial charge in [-0.2, -0.15) is 0 Å². The van der Waals surface area contributed by atoms with E-state index in [0.717, 1.165) is 48.5 Å². The predicted octanol–water partition coefficient (Wildman–Crippen LogP) is 2.54. The number of piperidine rings is 1. The summed E-state index contributed by atoms with van der Waals surface area (Å²) in [4.78, 5) is 30.0. The molecule has 0 aromatic heterocycles. The lowest BCUT2D eigenvalue weighted by Gasteiger charge is -2.48. The van der Waals surface area contributed by atoms with Gasteiger partial charge >= 0.3 is 5.97 Å². The Kier molecular flexibility index (Phi) is 3.34. The van der Waals surface area contributed by atoms with Gasteiger partial charge in [-0.25, -0.2) is 4.79 Å². The van der Waals surface area contributed by atoms with Crippen LogP contribution in [-0.4, -0.2) is 43.0 Å². The Balaban J connectivity index is 1.91. The van der Waals surface area contributed by atoms with Crippen LogP contribution < -0.4 is 4.90 Å². The summed E-state index contributed by atoms with van der Waals surface area (Å²) in [7, 11) is 1.41. The molecule has 2 bridgehead atoms. The van der Waals surface area contributed by atoms with Gasteiger partial charge in [0.25, 0.3) is 0 Å².